The van der Waals surface area contributed by atoms with E-state index < -0.39 is 0 Å². The van der Waals surface area contributed by atoms with Gasteiger partial charge in [-0.05, 0) is 30.5 Å². The molecule has 1 N–H and O–H groups in total. The summed E-state index contributed by atoms with van der Waals surface area (Å²) in [5, 5.41) is 13.5. The quantitative estimate of drug-likeness (QED) is 0.430. The molecule has 5 aromatic rings. The van der Waals surface area contributed by atoms with E-state index in [0.29, 0.717) is 5.92 Å². The number of nitrogens with zero attached hydrogens (tertiary/aromatic N) is 4. The summed E-state index contributed by atoms with van der Waals surface area (Å²) in [5.41, 5.74) is 6.07. The summed E-state index contributed by atoms with van der Waals surface area (Å²) in [5.74, 6) is 1.22. The number of para-hydroxylation sites is 1. The van der Waals surface area contributed by atoms with Gasteiger partial charge in [0.2, 0.25) is 0 Å². The highest BCUT2D eigenvalue weighted by atomic mass is 15.4. The number of nitrogens with one attached hydrogen (secondary N) is 1. The summed E-state index contributed by atoms with van der Waals surface area (Å²) in [6.45, 7) is 5.09. The lowest BCUT2D eigenvalue weighted by molar-refractivity contribution is 0.802. The Morgan fingerprint density at radius 3 is 2.43 bits per heavy atom. The van der Waals surface area contributed by atoms with Crippen molar-refractivity contribution >= 4 is 22.4 Å². The molecule has 5 rings (SSSR count). The van der Waals surface area contributed by atoms with Crippen LogP contribution in [0.3, 0.4) is 0 Å². The Kier molecular flexibility index (Phi) is 4.64. The lowest BCUT2D eigenvalue weighted by Crippen LogP contribution is -2.12. The van der Waals surface area contributed by atoms with Crippen LogP contribution in [0.4, 0.5) is 5.82 Å². The van der Waals surface area contributed by atoms with Gasteiger partial charge in [-0.2, -0.15) is 4.52 Å². The lowest BCUT2D eigenvalue weighted by Gasteiger charge is -2.15. The monoisotopic (exact) mass is 393 g/mol. The molecule has 0 fully saturated rings. The molecule has 2 aromatic heterocycles. The van der Waals surface area contributed by atoms with Gasteiger partial charge in [-0.3, -0.25) is 0 Å². The van der Waals surface area contributed by atoms with Crippen LogP contribution in [0.1, 0.15) is 24.0 Å². The van der Waals surface area contributed by atoms with E-state index in [4.69, 9.17) is 4.98 Å². The number of hydrogen-bond donors (Lipinski definition) is 1. The minimum absolute atomic E-state index is 0.364. The second kappa shape index (κ2) is 7.59. The minimum Gasteiger partial charge on any atom is -0.369 e. The SMILES string of the molecule is Cc1ccc(-c2nnn3c2nc(NC[C@@H](C)c2ccccc2)c2ccccc23)cc1. The van der Waals surface area contributed by atoms with Crippen LogP contribution < -0.4 is 5.32 Å². The van der Waals surface area contributed by atoms with Gasteiger partial charge in [-0.1, -0.05) is 84.4 Å². The number of hydrogen-bond acceptors (Lipinski definition) is 4. The lowest BCUT2D eigenvalue weighted by atomic mass is 10.0. The Balaban J connectivity index is 1.58. The number of aromatic nitrogens is 4. The molecule has 1 atom stereocenters. The maximum Gasteiger partial charge on any atom is 0.186 e. The van der Waals surface area contributed by atoms with E-state index in [0.717, 1.165) is 40.2 Å². The van der Waals surface area contributed by atoms with Gasteiger partial charge in [0.25, 0.3) is 0 Å². The molecule has 0 bridgehead atoms. The fourth-order valence-electron chi connectivity index (χ4n) is 3.75. The second-order valence-corrected chi connectivity index (χ2v) is 7.71. The molecule has 0 saturated carbocycles. The molecular formula is C25H23N5. The molecule has 3 aromatic carbocycles. The summed E-state index contributed by atoms with van der Waals surface area (Å²) in [6, 6.07) is 27.0. The number of rotatable bonds is 5. The normalized spacial score (nSPS) is 12.3. The minimum atomic E-state index is 0.364. The number of aryl methyl sites for hydroxylation is 1. The van der Waals surface area contributed by atoms with E-state index >= 15 is 0 Å². The zero-order valence-corrected chi connectivity index (χ0v) is 17.1. The van der Waals surface area contributed by atoms with Crippen molar-refractivity contribution < 1.29 is 0 Å². The van der Waals surface area contributed by atoms with Crippen LogP contribution in [0.15, 0.2) is 78.9 Å². The zero-order valence-electron chi connectivity index (χ0n) is 17.1. The molecule has 5 heteroatoms. The molecule has 30 heavy (non-hydrogen) atoms. The van der Waals surface area contributed by atoms with Gasteiger partial charge >= 0.3 is 0 Å². The van der Waals surface area contributed by atoms with E-state index in [-0.39, 0.29) is 0 Å². The fourth-order valence-corrected chi connectivity index (χ4v) is 3.75. The maximum atomic E-state index is 4.95. The summed E-state index contributed by atoms with van der Waals surface area (Å²) in [6.07, 6.45) is 0. The Morgan fingerprint density at radius 1 is 0.900 bits per heavy atom. The second-order valence-electron chi connectivity index (χ2n) is 7.71. The number of fused-ring (bicyclic) bond motifs is 3. The summed E-state index contributed by atoms with van der Waals surface area (Å²) in [4.78, 5) is 4.95. The molecule has 0 amide bonds. The summed E-state index contributed by atoms with van der Waals surface area (Å²) >= 11 is 0. The predicted octanol–water partition coefficient (Wildman–Crippen LogP) is 5.47. The predicted molar refractivity (Wildman–Crippen MR) is 122 cm³/mol. The third-order valence-corrected chi connectivity index (χ3v) is 5.52. The van der Waals surface area contributed by atoms with E-state index in [9.17, 15) is 0 Å². The van der Waals surface area contributed by atoms with Gasteiger partial charge in [0.1, 0.15) is 11.5 Å². The van der Waals surface area contributed by atoms with Crippen LogP contribution in [-0.4, -0.2) is 26.4 Å². The first-order chi connectivity index (χ1) is 14.7. The number of benzene rings is 3. The Labute approximate surface area is 175 Å². The van der Waals surface area contributed by atoms with Gasteiger partial charge in [0, 0.05) is 17.5 Å². The third-order valence-electron chi connectivity index (χ3n) is 5.52. The van der Waals surface area contributed by atoms with E-state index in [2.05, 4.69) is 90.1 Å². The van der Waals surface area contributed by atoms with Crippen LogP contribution in [0, 0.1) is 6.92 Å². The standard InChI is InChI=1S/C25H23N5/c1-17-12-14-20(15-13-17)23-25-27-24(26-16-18(2)19-8-4-3-5-9-19)21-10-6-7-11-22(21)30(25)29-28-23/h3-15,18H,16H2,1-2H3,(H,26,27)/t18-/m1/s1. The van der Waals surface area contributed by atoms with Gasteiger partial charge in [-0.15, -0.1) is 5.10 Å². The van der Waals surface area contributed by atoms with Crippen LogP contribution in [0.25, 0.3) is 27.8 Å². The number of anilines is 1. The molecule has 0 radical (unpaired) electrons. The van der Waals surface area contributed by atoms with Crippen LogP contribution in [-0.2, 0) is 0 Å². The van der Waals surface area contributed by atoms with Crippen molar-refractivity contribution in [3.05, 3.63) is 90.0 Å². The summed E-state index contributed by atoms with van der Waals surface area (Å²) < 4.78 is 1.83. The fraction of sp³-hybridized carbons (Fsp3) is 0.160. The van der Waals surface area contributed by atoms with Crippen molar-refractivity contribution in [3.63, 3.8) is 0 Å². The third kappa shape index (κ3) is 3.28. The molecule has 0 spiro atoms. The first-order valence-electron chi connectivity index (χ1n) is 10.2. The van der Waals surface area contributed by atoms with Gasteiger partial charge in [0.15, 0.2) is 5.65 Å². The highest BCUT2D eigenvalue weighted by Crippen LogP contribution is 2.28. The Morgan fingerprint density at radius 2 is 1.63 bits per heavy atom. The van der Waals surface area contributed by atoms with Crippen LogP contribution in [0.2, 0.25) is 0 Å². The molecule has 148 valence electrons. The van der Waals surface area contributed by atoms with Crippen molar-refractivity contribution in [2.45, 2.75) is 19.8 Å². The topological polar surface area (TPSA) is 55.1 Å². The van der Waals surface area contributed by atoms with Crippen molar-refractivity contribution in [2.24, 2.45) is 0 Å². The van der Waals surface area contributed by atoms with Crippen molar-refractivity contribution in [1.29, 1.82) is 0 Å². The maximum absolute atomic E-state index is 4.95. The molecular weight excluding hydrogens is 370 g/mol. The highest BCUT2D eigenvalue weighted by Gasteiger charge is 2.16. The van der Waals surface area contributed by atoms with Gasteiger partial charge in [-0.25, -0.2) is 4.98 Å². The molecule has 0 aliphatic rings. The molecule has 0 unspecified atom stereocenters. The first-order valence-corrected chi connectivity index (χ1v) is 10.2. The molecule has 0 aliphatic heterocycles. The van der Waals surface area contributed by atoms with Crippen molar-refractivity contribution in [3.8, 4) is 11.3 Å². The Bertz CT molecular complexity index is 1310. The zero-order chi connectivity index (χ0) is 20.5. The van der Waals surface area contributed by atoms with Crippen molar-refractivity contribution in [2.75, 3.05) is 11.9 Å². The van der Waals surface area contributed by atoms with Gasteiger partial charge in [0.05, 0.1) is 5.52 Å². The van der Waals surface area contributed by atoms with E-state index in [1.54, 1.807) is 0 Å². The molecule has 2 heterocycles. The average molecular weight is 393 g/mol. The highest BCUT2D eigenvalue weighted by molar-refractivity contribution is 5.93. The smallest absolute Gasteiger partial charge is 0.186 e. The largest absolute Gasteiger partial charge is 0.369 e. The first kappa shape index (κ1) is 18.3. The molecule has 0 aliphatic carbocycles. The van der Waals surface area contributed by atoms with Gasteiger partial charge < -0.3 is 5.32 Å². The van der Waals surface area contributed by atoms with E-state index in [1.807, 2.05) is 22.7 Å². The molecule has 0 saturated heterocycles. The molecule has 5 nitrogen and oxygen atoms in total. The van der Waals surface area contributed by atoms with Crippen LogP contribution in [0.5, 0.6) is 0 Å². The Hall–Kier alpha value is -3.73. The average Bonchev–Trinajstić information content (AvgIpc) is 3.22. The van der Waals surface area contributed by atoms with Crippen LogP contribution >= 0.6 is 0 Å². The van der Waals surface area contributed by atoms with Crippen molar-refractivity contribution in [1.82, 2.24) is 19.8 Å². The summed E-state index contributed by atoms with van der Waals surface area (Å²) in [7, 11) is 0. The van der Waals surface area contributed by atoms with E-state index in [1.165, 1.54) is 11.1 Å².